The normalized spacial score (nSPS) is 11.1. The molecule has 0 aromatic heterocycles. The van der Waals surface area contributed by atoms with E-state index >= 15 is 0 Å². The Morgan fingerprint density at radius 1 is 1.05 bits per heavy atom. The Balaban J connectivity index is 2.31. The first-order chi connectivity index (χ1) is 9.60. The van der Waals surface area contributed by atoms with Crippen molar-refractivity contribution in [2.75, 3.05) is 7.05 Å². The van der Waals surface area contributed by atoms with Crippen LogP contribution in [0.2, 0.25) is 5.02 Å². The van der Waals surface area contributed by atoms with Crippen molar-refractivity contribution in [1.82, 2.24) is 5.32 Å². The predicted octanol–water partition coefficient (Wildman–Crippen LogP) is 4.92. The molecule has 0 aliphatic rings. The Morgan fingerprint density at radius 3 is 2.35 bits per heavy atom. The van der Waals surface area contributed by atoms with Gasteiger partial charge in [-0.2, -0.15) is 0 Å². The summed E-state index contributed by atoms with van der Waals surface area (Å²) in [5.41, 5.74) is 5.13. The summed E-state index contributed by atoms with van der Waals surface area (Å²) in [6.45, 7) is 5.32. The summed E-state index contributed by atoms with van der Waals surface area (Å²) < 4.78 is 0. The average molecular weight is 288 g/mol. The molecule has 0 aliphatic carbocycles. The Labute approximate surface area is 127 Å². The van der Waals surface area contributed by atoms with Crippen LogP contribution < -0.4 is 5.32 Å². The molecule has 2 rings (SSSR count). The minimum Gasteiger partial charge on any atom is -0.316 e. The van der Waals surface area contributed by atoms with Gasteiger partial charge in [0.25, 0.3) is 0 Å². The molecule has 1 N–H and O–H groups in total. The molecule has 106 valence electrons. The highest BCUT2D eigenvalue weighted by Crippen LogP contribution is 2.27. The third kappa shape index (κ3) is 3.84. The van der Waals surface area contributed by atoms with Gasteiger partial charge in [-0.25, -0.2) is 0 Å². The molecule has 0 atom stereocenters. The molecule has 0 fully saturated rings. The van der Waals surface area contributed by atoms with Crippen LogP contribution in [-0.4, -0.2) is 7.05 Å². The van der Waals surface area contributed by atoms with Crippen molar-refractivity contribution >= 4 is 11.6 Å². The highest BCUT2D eigenvalue weighted by atomic mass is 35.5. The summed E-state index contributed by atoms with van der Waals surface area (Å²) in [7, 11) is 1.95. The van der Waals surface area contributed by atoms with Crippen LogP contribution in [0, 0.1) is 5.92 Å². The molecule has 0 heterocycles. The van der Waals surface area contributed by atoms with E-state index in [1.165, 1.54) is 22.3 Å². The molecular formula is C18H22ClN. The second-order valence-corrected chi connectivity index (χ2v) is 6.06. The number of hydrogen-bond donors (Lipinski definition) is 1. The van der Waals surface area contributed by atoms with Crippen LogP contribution in [0.15, 0.2) is 42.5 Å². The van der Waals surface area contributed by atoms with Crippen molar-refractivity contribution in [1.29, 1.82) is 0 Å². The van der Waals surface area contributed by atoms with E-state index in [9.17, 15) is 0 Å². The highest BCUT2D eigenvalue weighted by molar-refractivity contribution is 6.30. The lowest BCUT2D eigenvalue weighted by Crippen LogP contribution is -2.06. The van der Waals surface area contributed by atoms with Gasteiger partial charge in [0.15, 0.2) is 0 Å². The highest BCUT2D eigenvalue weighted by Gasteiger charge is 2.06. The smallest absolute Gasteiger partial charge is 0.0409 e. The molecule has 2 heteroatoms. The number of hydrogen-bond acceptors (Lipinski definition) is 1. The maximum absolute atomic E-state index is 6.09. The van der Waals surface area contributed by atoms with Gasteiger partial charge in [-0.15, -0.1) is 0 Å². The van der Waals surface area contributed by atoms with Gasteiger partial charge < -0.3 is 5.32 Å². The molecule has 0 saturated carbocycles. The molecule has 20 heavy (non-hydrogen) atoms. The first kappa shape index (κ1) is 15.1. The number of halogens is 1. The van der Waals surface area contributed by atoms with E-state index in [-0.39, 0.29) is 0 Å². The fourth-order valence-electron chi connectivity index (χ4n) is 2.47. The standard InChI is InChI=1S/C18H22ClN/c1-13(2)10-14-4-6-15(7-5-14)18-9-8-17(19)11-16(18)12-20-3/h4-9,11,13,20H,10,12H2,1-3H3. The molecule has 0 amide bonds. The minimum absolute atomic E-state index is 0.691. The molecular weight excluding hydrogens is 266 g/mol. The van der Waals surface area contributed by atoms with Crippen LogP contribution in [0.3, 0.4) is 0 Å². The first-order valence-electron chi connectivity index (χ1n) is 7.12. The Bertz CT molecular complexity index is 558. The molecule has 0 radical (unpaired) electrons. The Hall–Kier alpha value is -1.31. The zero-order valence-electron chi connectivity index (χ0n) is 12.4. The van der Waals surface area contributed by atoms with Crippen LogP contribution in [0.5, 0.6) is 0 Å². The lowest BCUT2D eigenvalue weighted by molar-refractivity contribution is 0.647. The van der Waals surface area contributed by atoms with Gasteiger partial charge in [0.2, 0.25) is 0 Å². The van der Waals surface area contributed by atoms with E-state index < -0.39 is 0 Å². The van der Waals surface area contributed by atoms with E-state index in [1.807, 2.05) is 19.2 Å². The Morgan fingerprint density at radius 2 is 1.75 bits per heavy atom. The van der Waals surface area contributed by atoms with Crippen molar-refractivity contribution in [2.24, 2.45) is 5.92 Å². The Kier molecular flexibility index (Phi) is 5.22. The second-order valence-electron chi connectivity index (χ2n) is 5.63. The zero-order valence-corrected chi connectivity index (χ0v) is 13.2. The van der Waals surface area contributed by atoms with Crippen molar-refractivity contribution in [3.8, 4) is 11.1 Å². The summed E-state index contributed by atoms with van der Waals surface area (Å²) in [5, 5.41) is 3.99. The van der Waals surface area contributed by atoms with Gasteiger partial charge >= 0.3 is 0 Å². The fourth-order valence-corrected chi connectivity index (χ4v) is 2.67. The quantitative estimate of drug-likeness (QED) is 0.822. The van der Waals surface area contributed by atoms with Crippen LogP contribution in [-0.2, 0) is 13.0 Å². The molecule has 0 unspecified atom stereocenters. The van der Waals surface area contributed by atoms with E-state index in [0.717, 1.165) is 18.0 Å². The summed E-state index contributed by atoms with van der Waals surface area (Å²) >= 11 is 6.09. The second kappa shape index (κ2) is 6.92. The summed E-state index contributed by atoms with van der Waals surface area (Å²) in [6, 6.07) is 15.0. The van der Waals surface area contributed by atoms with E-state index in [4.69, 9.17) is 11.6 Å². The lowest BCUT2D eigenvalue weighted by Gasteiger charge is -2.11. The third-order valence-electron chi connectivity index (χ3n) is 3.34. The molecule has 2 aromatic rings. The predicted molar refractivity (Wildman–Crippen MR) is 88.2 cm³/mol. The SMILES string of the molecule is CNCc1cc(Cl)ccc1-c1ccc(CC(C)C)cc1. The number of benzene rings is 2. The fraction of sp³-hybridized carbons (Fsp3) is 0.333. The molecule has 1 nitrogen and oxygen atoms in total. The minimum atomic E-state index is 0.691. The van der Waals surface area contributed by atoms with Crippen molar-refractivity contribution in [2.45, 2.75) is 26.8 Å². The third-order valence-corrected chi connectivity index (χ3v) is 3.58. The van der Waals surface area contributed by atoms with Crippen LogP contribution in [0.4, 0.5) is 0 Å². The van der Waals surface area contributed by atoms with Gasteiger partial charge in [0.05, 0.1) is 0 Å². The summed E-state index contributed by atoms with van der Waals surface area (Å²) in [6.07, 6.45) is 1.13. The van der Waals surface area contributed by atoms with E-state index in [2.05, 4.69) is 49.5 Å². The maximum Gasteiger partial charge on any atom is 0.0409 e. The zero-order chi connectivity index (χ0) is 14.5. The van der Waals surface area contributed by atoms with Gasteiger partial charge in [0.1, 0.15) is 0 Å². The van der Waals surface area contributed by atoms with Crippen LogP contribution in [0.1, 0.15) is 25.0 Å². The lowest BCUT2D eigenvalue weighted by atomic mass is 9.96. The van der Waals surface area contributed by atoms with Crippen molar-refractivity contribution < 1.29 is 0 Å². The molecule has 0 aliphatic heterocycles. The van der Waals surface area contributed by atoms with Gasteiger partial charge in [0, 0.05) is 11.6 Å². The average Bonchev–Trinajstić information content (AvgIpc) is 2.40. The molecule has 0 spiro atoms. The topological polar surface area (TPSA) is 12.0 Å². The van der Waals surface area contributed by atoms with Crippen LogP contribution in [0.25, 0.3) is 11.1 Å². The largest absolute Gasteiger partial charge is 0.316 e. The monoisotopic (exact) mass is 287 g/mol. The maximum atomic E-state index is 6.09. The van der Waals surface area contributed by atoms with Crippen LogP contribution >= 0.6 is 11.6 Å². The van der Waals surface area contributed by atoms with E-state index in [1.54, 1.807) is 0 Å². The summed E-state index contributed by atoms with van der Waals surface area (Å²) in [5.74, 6) is 0.691. The summed E-state index contributed by atoms with van der Waals surface area (Å²) in [4.78, 5) is 0. The number of nitrogens with one attached hydrogen (secondary N) is 1. The number of rotatable bonds is 5. The molecule has 2 aromatic carbocycles. The van der Waals surface area contributed by atoms with Crippen molar-refractivity contribution in [3.05, 3.63) is 58.6 Å². The first-order valence-corrected chi connectivity index (χ1v) is 7.50. The van der Waals surface area contributed by atoms with E-state index in [0.29, 0.717) is 5.92 Å². The van der Waals surface area contributed by atoms with Gasteiger partial charge in [-0.05, 0) is 53.8 Å². The van der Waals surface area contributed by atoms with Gasteiger partial charge in [-0.1, -0.05) is 55.8 Å². The van der Waals surface area contributed by atoms with Gasteiger partial charge in [-0.3, -0.25) is 0 Å². The molecule has 0 saturated heterocycles. The van der Waals surface area contributed by atoms with Crippen molar-refractivity contribution in [3.63, 3.8) is 0 Å². The molecule has 0 bridgehead atoms.